The van der Waals surface area contributed by atoms with Crippen LogP contribution in [0.3, 0.4) is 0 Å². The Kier molecular flexibility index (Phi) is 8.85. The van der Waals surface area contributed by atoms with E-state index >= 15 is 0 Å². The Morgan fingerprint density at radius 1 is 1.13 bits per heavy atom. The molecule has 1 aliphatic carbocycles. The highest BCUT2D eigenvalue weighted by Gasteiger charge is 2.29. The first-order valence-electron chi connectivity index (χ1n) is 13.7. The van der Waals surface area contributed by atoms with E-state index in [-0.39, 0.29) is 25.2 Å². The molecule has 2 atom stereocenters. The smallest absolute Gasteiger partial charge is 0.323 e. The quantitative estimate of drug-likeness (QED) is 0.263. The number of fused-ring (bicyclic) bond motifs is 1. The van der Waals surface area contributed by atoms with Crippen LogP contribution in [0.5, 0.6) is 5.75 Å². The summed E-state index contributed by atoms with van der Waals surface area (Å²) in [6, 6.07) is 5.53. The number of aliphatic hydroxyl groups is 1. The molecular formula is C29H37N5O5. The van der Waals surface area contributed by atoms with E-state index in [2.05, 4.69) is 19.9 Å². The Morgan fingerprint density at radius 2 is 1.95 bits per heavy atom. The van der Waals surface area contributed by atoms with Crippen molar-refractivity contribution in [2.24, 2.45) is 5.92 Å². The fourth-order valence-electron chi connectivity index (χ4n) is 4.90. The number of likely N-dealkylation sites (N-methyl/N-ethyl adjacent to an activating group) is 1. The number of nitrogen functional groups attached to an aromatic ring is 1. The third-order valence-electron chi connectivity index (χ3n) is 7.36. The number of esters is 1. The van der Waals surface area contributed by atoms with Crippen molar-refractivity contribution < 1.29 is 24.1 Å². The molecule has 0 bridgehead atoms. The maximum atomic E-state index is 12.5. The van der Waals surface area contributed by atoms with E-state index in [4.69, 9.17) is 19.9 Å². The first-order chi connectivity index (χ1) is 19.0. The zero-order chi connectivity index (χ0) is 27.2. The van der Waals surface area contributed by atoms with E-state index in [1.807, 2.05) is 25.2 Å². The molecule has 1 aliphatic heterocycles. The van der Waals surface area contributed by atoms with Gasteiger partial charge in [-0.15, -0.1) is 0 Å². The molecule has 0 radical (unpaired) electrons. The zero-order valence-corrected chi connectivity index (χ0v) is 22.4. The number of carbonyl (C=O) groups excluding carboxylic acids is 1. The molecule has 39 heavy (non-hydrogen) atoms. The number of benzene rings is 1. The van der Waals surface area contributed by atoms with Gasteiger partial charge in [0.25, 0.3) is 0 Å². The van der Waals surface area contributed by atoms with Gasteiger partial charge >= 0.3 is 5.97 Å². The van der Waals surface area contributed by atoms with Gasteiger partial charge < -0.3 is 25.1 Å². The number of hydrogen-bond donors (Lipinski definition) is 2. The van der Waals surface area contributed by atoms with Crippen LogP contribution in [-0.4, -0.2) is 76.5 Å². The third kappa shape index (κ3) is 7.00. The summed E-state index contributed by atoms with van der Waals surface area (Å²) in [6.45, 7) is 2.09. The van der Waals surface area contributed by atoms with Crippen molar-refractivity contribution in [1.82, 2.24) is 19.9 Å². The highest BCUT2D eigenvalue weighted by molar-refractivity contribution is 5.94. The molecule has 2 fully saturated rings. The maximum Gasteiger partial charge on any atom is 0.323 e. The Morgan fingerprint density at radius 3 is 2.72 bits per heavy atom. The van der Waals surface area contributed by atoms with Crippen molar-refractivity contribution in [2.45, 2.75) is 57.3 Å². The molecule has 208 valence electrons. The highest BCUT2D eigenvalue weighted by atomic mass is 16.5. The SMILES string of the molecule is CN1CCCCC1C(=O)OCCCOc1c(-c2cnc(COCC(O)C3CC3)nc2)ccc2ncc(N)cc12. The molecule has 3 N–H and O–H groups in total. The largest absolute Gasteiger partial charge is 0.492 e. The van der Waals surface area contributed by atoms with Crippen LogP contribution in [-0.2, 0) is 20.9 Å². The molecule has 10 nitrogen and oxygen atoms in total. The number of aliphatic hydroxyl groups excluding tert-OH is 1. The molecule has 2 aromatic heterocycles. The molecule has 2 unspecified atom stereocenters. The highest BCUT2D eigenvalue weighted by Crippen LogP contribution is 2.37. The molecular weight excluding hydrogens is 498 g/mol. The molecule has 10 heteroatoms. The van der Waals surface area contributed by atoms with Crippen molar-refractivity contribution in [1.29, 1.82) is 0 Å². The first kappa shape index (κ1) is 27.2. The summed E-state index contributed by atoms with van der Waals surface area (Å²) in [5.74, 6) is 1.38. The minimum Gasteiger partial charge on any atom is -0.492 e. The summed E-state index contributed by atoms with van der Waals surface area (Å²) in [5.41, 5.74) is 8.93. The number of nitrogens with zero attached hydrogens (tertiary/aromatic N) is 4. The maximum absolute atomic E-state index is 12.5. The minimum absolute atomic E-state index is 0.157. The number of piperidine rings is 1. The molecule has 1 saturated heterocycles. The molecule has 0 amide bonds. The van der Waals surface area contributed by atoms with Crippen molar-refractivity contribution in [3.63, 3.8) is 0 Å². The third-order valence-corrected chi connectivity index (χ3v) is 7.36. The standard InChI is InChI=1S/C29H37N5O5/c1-34-10-3-2-5-25(34)29(36)39-12-4-11-38-28-22(8-9-24-23(28)13-21(30)16-31-24)20-14-32-27(33-15-20)18-37-17-26(35)19-6-7-19/h8-9,13-16,19,25-26,35H,2-7,10-12,17-18,30H2,1H3. The van der Waals surface area contributed by atoms with Crippen LogP contribution in [0, 0.1) is 5.92 Å². The van der Waals surface area contributed by atoms with Crippen molar-refractivity contribution in [3.05, 3.63) is 42.6 Å². The lowest BCUT2D eigenvalue weighted by Gasteiger charge is -2.30. The Balaban J connectivity index is 1.23. The van der Waals surface area contributed by atoms with Gasteiger partial charge in [-0.2, -0.15) is 0 Å². The van der Waals surface area contributed by atoms with Crippen LogP contribution < -0.4 is 10.5 Å². The van der Waals surface area contributed by atoms with E-state index in [0.29, 0.717) is 42.8 Å². The van der Waals surface area contributed by atoms with Gasteiger partial charge in [-0.1, -0.05) is 6.42 Å². The molecule has 2 aliphatic rings. The van der Waals surface area contributed by atoms with E-state index < -0.39 is 6.10 Å². The second-order valence-electron chi connectivity index (χ2n) is 10.4. The van der Waals surface area contributed by atoms with Gasteiger partial charge in [-0.05, 0) is 63.4 Å². The number of carbonyl (C=O) groups is 1. The predicted molar refractivity (Wildman–Crippen MR) is 147 cm³/mol. The monoisotopic (exact) mass is 535 g/mol. The second kappa shape index (κ2) is 12.7. The number of rotatable bonds is 12. The van der Waals surface area contributed by atoms with Crippen molar-refractivity contribution in [2.75, 3.05) is 39.1 Å². The zero-order valence-electron chi connectivity index (χ0n) is 22.4. The van der Waals surface area contributed by atoms with E-state index in [1.54, 1.807) is 18.6 Å². The molecule has 3 heterocycles. The lowest BCUT2D eigenvalue weighted by atomic mass is 10.0. The van der Waals surface area contributed by atoms with Gasteiger partial charge in [0.05, 0.1) is 43.3 Å². The average Bonchev–Trinajstić information content (AvgIpc) is 3.79. The van der Waals surface area contributed by atoms with Gasteiger partial charge in [0.2, 0.25) is 0 Å². The van der Waals surface area contributed by atoms with Crippen LogP contribution in [0.25, 0.3) is 22.0 Å². The minimum atomic E-state index is -0.417. The summed E-state index contributed by atoms with van der Waals surface area (Å²) < 4.78 is 17.4. The number of pyridine rings is 1. The first-order valence-corrected chi connectivity index (χ1v) is 13.7. The molecule has 5 rings (SSSR count). The van der Waals surface area contributed by atoms with Gasteiger partial charge in [0, 0.05) is 35.3 Å². The number of aromatic nitrogens is 3. The summed E-state index contributed by atoms with van der Waals surface area (Å²) in [5, 5.41) is 10.8. The molecule has 0 spiro atoms. The van der Waals surface area contributed by atoms with Crippen molar-refractivity contribution >= 4 is 22.6 Å². The van der Waals surface area contributed by atoms with Gasteiger partial charge in [0.1, 0.15) is 18.4 Å². The Bertz CT molecular complexity index is 1270. The lowest BCUT2D eigenvalue weighted by Crippen LogP contribution is -2.43. The second-order valence-corrected chi connectivity index (χ2v) is 10.4. The predicted octanol–water partition coefficient (Wildman–Crippen LogP) is 3.36. The van der Waals surface area contributed by atoms with Gasteiger partial charge in [0.15, 0.2) is 5.82 Å². The van der Waals surface area contributed by atoms with Crippen LogP contribution >= 0.6 is 0 Å². The lowest BCUT2D eigenvalue weighted by molar-refractivity contribution is -0.151. The summed E-state index contributed by atoms with van der Waals surface area (Å²) in [6.07, 6.45) is 10.4. The van der Waals surface area contributed by atoms with Gasteiger partial charge in [-0.25, -0.2) is 9.97 Å². The number of hydrogen-bond acceptors (Lipinski definition) is 10. The van der Waals surface area contributed by atoms with Crippen LogP contribution in [0.15, 0.2) is 36.8 Å². The Hall–Kier alpha value is -3.34. The number of anilines is 1. The van der Waals surface area contributed by atoms with Crippen molar-refractivity contribution in [3.8, 4) is 16.9 Å². The average molecular weight is 536 g/mol. The summed E-state index contributed by atoms with van der Waals surface area (Å²) >= 11 is 0. The normalized spacial score (nSPS) is 18.7. The summed E-state index contributed by atoms with van der Waals surface area (Å²) in [4.78, 5) is 27.9. The van der Waals surface area contributed by atoms with Gasteiger partial charge in [-0.3, -0.25) is 14.7 Å². The van der Waals surface area contributed by atoms with Crippen LogP contribution in [0.2, 0.25) is 0 Å². The van der Waals surface area contributed by atoms with E-state index in [9.17, 15) is 9.90 Å². The number of ether oxygens (including phenoxy) is 3. The molecule has 3 aromatic rings. The molecule has 1 saturated carbocycles. The number of likely N-dealkylation sites (tertiary alicyclic amines) is 1. The fraction of sp³-hybridized carbons (Fsp3) is 0.517. The fourth-order valence-corrected chi connectivity index (χ4v) is 4.90. The van der Waals surface area contributed by atoms with E-state index in [0.717, 1.165) is 60.7 Å². The van der Waals surface area contributed by atoms with E-state index in [1.165, 1.54) is 0 Å². The van der Waals surface area contributed by atoms with Crippen LogP contribution in [0.1, 0.15) is 44.3 Å². The number of nitrogens with two attached hydrogens (primary N) is 1. The topological polar surface area (TPSA) is 133 Å². The van der Waals surface area contributed by atoms with Crippen LogP contribution in [0.4, 0.5) is 5.69 Å². The Labute approximate surface area is 228 Å². The summed E-state index contributed by atoms with van der Waals surface area (Å²) in [7, 11) is 1.97. The molecule has 1 aromatic carbocycles.